The zero-order chi connectivity index (χ0) is 12.4. The fraction of sp³-hybridized carbons (Fsp3) is 0.182. The minimum Gasteiger partial charge on any atom is -0.472 e. The molecule has 0 aliphatic carbocycles. The van der Waals surface area contributed by atoms with Crippen LogP contribution in [0.4, 0.5) is 0 Å². The summed E-state index contributed by atoms with van der Waals surface area (Å²) >= 11 is 5.08. The largest absolute Gasteiger partial charge is 0.472 e. The molecule has 0 amide bonds. The predicted octanol–water partition coefficient (Wildman–Crippen LogP) is 2.49. The van der Waals surface area contributed by atoms with Gasteiger partial charge in [-0.3, -0.25) is 0 Å². The van der Waals surface area contributed by atoms with Crippen LogP contribution < -0.4 is 0 Å². The van der Waals surface area contributed by atoms with Gasteiger partial charge in [-0.1, -0.05) is 12.2 Å². The summed E-state index contributed by atoms with van der Waals surface area (Å²) in [7, 11) is 1.31. The van der Waals surface area contributed by atoms with Gasteiger partial charge in [-0.15, -0.1) is 0 Å². The van der Waals surface area contributed by atoms with Crippen molar-refractivity contribution in [3.8, 4) is 11.4 Å². The molecule has 2 heterocycles. The van der Waals surface area contributed by atoms with Crippen LogP contribution in [0.1, 0.15) is 16.1 Å². The van der Waals surface area contributed by atoms with Gasteiger partial charge in [0.05, 0.1) is 18.9 Å². The van der Waals surface area contributed by atoms with Crippen molar-refractivity contribution in [3.63, 3.8) is 0 Å². The van der Waals surface area contributed by atoms with E-state index in [2.05, 4.69) is 14.7 Å². The molecule has 2 rings (SSSR count). The third-order valence-electron chi connectivity index (χ3n) is 2.29. The highest BCUT2D eigenvalue weighted by Gasteiger charge is 2.14. The first kappa shape index (κ1) is 11.5. The molecule has 0 aliphatic rings. The lowest BCUT2D eigenvalue weighted by Crippen LogP contribution is -2.08. The summed E-state index contributed by atoms with van der Waals surface area (Å²) in [5.74, 6) is 0.0731. The Morgan fingerprint density at radius 1 is 1.59 bits per heavy atom. The van der Waals surface area contributed by atoms with Gasteiger partial charge in [-0.2, -0.15) is 0 Å². The third kappa shape index (κ3) is 2.12. The van der Waals surface area contributed by atoms with Gasteiger partial charge < -0.3 is 14.1 Å². The number of carbonyl (C=O) groups is 1. The predicted molar refractivity (Wildman–Crippen MR) is 63.2 cm³/mol. The van der Waals surface area contributed by atoms with Gasteiger partial charge >= 0.3 is 5.97 Å². The Hall–Kier alpha value is -1.95. The number of nitrogens with zero attached hydrogens (tertiary/aromatic N) is 1. The van der Waals surface area contributed by atoms with Crippen molar-refractivity contribution >= 4 is 18.2 Å². The number of furan rings is 1. The van der Waals surface area contributed by atoms with Crippen molar-refractivity contribution in [2.24, 2.45) is 0 Å². The number of aromatic nitrogens is 2. The maximum Gasteiger partial charge on any atom is 0.342 e. The molecule has 0 aromatic carbocycles. The van der Waals surface area contributed by atoms with E-state index in [1.165, 1.54) is 13.4 Å². The van der Waals surface area contributed by atoms with E-state index in [1.807, 2.05) is 0 Å². The van der Waals surface area contributed by atoms with Crippen molar-refractivity contribution < 1.29 is 13.9 Å². The summed E-state index contributed by atoms with van der Waals surface area (Å²) < 4.78 is 9.82. The van der Waals surface area contributed by atoms with Gasteiger partial charge in [0.2, 0.25) is 0 Å². The lowest BCUT2D eigenvalue weighted by Gasteiger charge is -2.06. The topological polar surface area (TPSA) is 68.1 Å². The number of rotatable bonds is 2. The van der Waals surface area contributed by atoms with Crippen molar-refractivity contribution in [1.29, 1.82) is 0 Å². The Balaban J connectivity index is 2.57. The fourth-order valence-electron chi connectivity index (χ4n) is 1.46. The lowest BCUT2D eigenvalue weighted by atomic mass is 10.2. The zero-order valence-corrected chi connectivity index (χ0v) is 10.1. The second kappa shape index (κ2) is 4.50. The molecule has 0 saturated carbocycles. The maximum absolute atomic E-state index is 11.5. The smallest absolute Gasteiger partial charge is 0.342 e. The highest BCUT2D eigenvalue weighted by atomic mass is 32.1. The van der Waals surface area contributed by atoms with Crippen LogP contribution in [-0.2, 0) is 4.74 Å². The molecule has 0 unspecified atom stereocenters. The van der Waals surface area contributed by atoms with E-state index in [0.29, 0.717) is 11.5 Å². The van der Waals surface area contributed by atoms with Crippen LogP contribution in [0.15, 0.2) is 23.0 Å². The van der Waals surface area contributed by atoms with Gasteiger partial charge in [0.15, 0.2) is 0 Å². The number of carbonyl (C=O) groups excluding carboxylic acids is 1. The van der Waals surface area contributed by atoms with Gasteiger partial charge in [0, 0.05) is 5.69 Å². The standard InChI is InChI=1S/C11H10N2O3S/c1-6-8(11(14)15-2)10(17)13-9(12-6)7-3-4-16-5-7/h3-5H,1-2H3,(H,12,13,17). The van der Waals surface area contributed by atoms with Crippen LogP contribution in [0.25, 0.3) is 11.4 Å². The molecule has 17 heavy (non-hydrogen) atoms. The van der Waals surface area contributed by atoms with Gasteiger partial charge in [0.25, 0.3) is 0 Å². The molecule has 2 aromatic heterocycles. The van der Waals surface area contributed by atoms with Crippen molar-refractivity contribution in [3.05, 3.63) is 34.5 Å². The summed E-state index contributed by atoms with van der Waals surface area (Å²) in [6, 6.07) is 1.75. The summed E-state index contributed by atoms with van der Waals surface area (Å²) in [6.45, 7) is 1.74. The van der Waals surface area contributed by atoms with E-state index in [4.69, 9.17) is 16.6 Å². The summed E-state index contributed by atoms with van der Waals surface area (Å²) in [5, 5.41) is 0. The quantitative estimate of drug-likeness (QED) is 0.655. The first-order chi connectivity index (χ1) is 8.13. The Bertz CT molecular complexity index is 602. The average Bonchev–Trinajstić information content (AvgIpc) is 2.81. The van der Waals surface area contributed by atoms with Crippen LogP contribution in [0.2, 0.25) is 0 Å². The second-order valence-corrected chi connectivity index (χ2v) is 3.78. The molecule has 0 fully saturated rings. The van der Waals surface area contributed by atoms with Crippen LogP contribution >= 0.6 is 12.2 Å². The van der Waals surface area contributed by atoms with Crippen molar-refractivity contribution in [1.82, 2.24) is 9.97 Å². The van der Waals surface area contributed by atoms with Gasteiger partial charge in [0.1, 0.15) is 22.3 Å². The van der Waals surface area contributed by atoms with Crippen LogP contribution in [0.5, 0.6) is 0 Å². The normalized spacial score (nSPS) is 10.2. The van der Waals surface area contributed by atoms with E-state index >= 15 is 0 Å². The number of esters is 1. The van der Waals surface area contributed by atoms with E-state index < -0.39 is 5.97 Å². The van der Waals surface area contributed by atoms with Crippen LogP contribution in [-0.4, -0.2) is 23.0 Å². The van der Waals surface area contributed by atoms with Gasteiger partial charge in [-0.05, 0) is 13.0 Å². The monoisotopic (exact) mass is 250 g/mol. The molecule has 88 valence electrons. The second-order valence-electron chi connectivity index (χ2n) is 3.39. The van der Waals surface area contributed by atoms with Crippen LogP contribution in [0, 0.1) is 11.6 Å². The SMILES string of the molecule is COC(=O)c1c(C)[nH]c(-c2ccoc2)nc1=S. The lowest BCUT2D eigenvalue weighted by molar-refractivity contribution is 0.0598. The van der Waals surface area contributed by atoms with E-state index in [-0.39, 0.29) is 10.2 Å². The van der Waals surface area contributed by atoms with Crippen LogP contribution in [0.3, 0.4) is 0 Å². The highest BCUT2D eigenvalue weighted by molar-refractivity contribution is 7.71. The van der Waals surface area contributed by atoms with Crippen molar-refractivity contribution in [2.75, 3.05) is 7.11 Å². The molecule has 6 heteroatoms. The van der Waals surface area contributed by atoms with E-state index in [0.717, 1.165) is 5.56 Å². The van der Waals surface area contributed by atoms with Gasteiger partial charge in [-0.25, -0.2) is 9.78 Å². The number of aromatic amines is 1. The molecule has 0 saturated heterocycles. The first-order valence-corrected chi connectivity index (χ1v) is 5.26. The minimum absolute atomic E-state index is 0.212. The third-order valence-corrected chi connectivity index (χ3v) is 2.59. The molecule has 2 aromatic rings. The Morgan fingerprint density at radius 3 is 2.88 bits per heavy atom. The Labute approximate surface area is 102 Å². The maximum atomic E-state index is 11.5. The molecule has 0 aliphatic heterocycles. The first-order valence-electron chi connectivity index (χ1n) is 4.85. The number of hydrogen-bond acceptors (Lipinski definition) is 5. The summed E-state index contributed by atoms with van der Waals surface area (Å²) in [5.41, 5.74) is 1.68. The zero-order valence-electron chi connectivity index (χ0n) is 9.31. The minimum atomic E-state index is -0.491. The molecule has 0 bridgehead atoms. The molecule has 5 nitrogen and oxygen atoms in total. The molecule has 1 N–H and O–H groups in total. The molecule has 0 radical (unpaired) electrons. The Kier molecular flexibility index (Phi) is 3.06. The fourth-order valence-corrected chi connectivity index (χ4v) is 1.79. The average molecular weight is 250 g/mol. The summed E-state index contributed by atoms with van der Waals surface area (Å²) in [6.07, 6.45) is 3.09. The number of aryl methyl sites for hydroxylation is 1. The number of hydrogen-bond donors (Lipinski definition) is 1. The number of H-pyrrole nitrogens is 1. The number of methoxy groups -OCH3 is 1. The number of ether oxygens (including phenoxy) is 1. The van der Waals surface area contributed by atoms with Crippen molar-refractivity contribution in [2.45, 2.75) is 6.92 Å². The molecular formula is C11H10N2O3S. The molecule has 0 spiro atoms. The number of nitrogens with one attached hydrogen (secondary N) is 1. The molecular weight excluding hydrogens is 240 g/mol. The highest BCUT2D eigenvalue weighted by Crippen LogP contribution is 2.17. The Morgan fingerprint density at radius 2 is 2.35 bits per heavy atom. The molecule has 0 atom stereocenters. The van der Waals surface area contributed by atoms with E-state index in [9.17, 15) is 4.79 Å². The summed E-state index contributed by atoms with van der Waals surface area (Å²) in [4.78, 5) is 18.6. The van der Waals surface area contributed by atoms with E-state index in [1.54, 1.807) is 19.3 Å².